The van der Waals surface area contributed by atoms with Gasteiger partial charge in [-0.25, -0.2) is 0 Å². The van der Waals surface area contributed by atoms with E-state index < -0.39 is 0 Å². The molecule has 1 N–H and O–H groups in total. The van der Waals surface area contributed by atoms with E-state index in [9.17, 15) is 10.1 Å². The van der Waals surface area contributed by atoms with E-state index >= 15 is 0 Å². The molecule has 5 nitrogen and oxygen atoms in total. The number of rotatable bonds is 4. The average Bonchev–Trinajstić information content (AvgIpc) is 2.39. The molecule has 98 valence electrons. The number of para-hydroxylation sites is 1. The van der Waals surface area contributed by atoms with Crippen LogP contribution >= 0.6 is 0 Å². The van der Waals surface area contributed by atoms with Gasteiger partial charge in [0.05, 0.1) is 4.92 Å². The first-order chi connectivity index (χ1) is 9.09. The maximum atomic E-state index is 11.1. The molecule has 0 saturated heterocycles. The summed E-state index contributed by atoms with van der Waals surface area (Å²) in [5, 5.41) is 14.3. The van der Waals surface area contributed by atoms with Gasteiger partial charge >= 0.3 is 0 Å². The molecule has 5 heteroatoms. The van der Waals surface area contributed by atoms with Crippen LogP contribution in [0.5, 0.6) is 0 Å². The van der Waals surface area contributed by atoms with Crippen LogP contribution in [0.3, 0.4) is 0 Å². The predicted octanol–water partition coefficient (Wildman–Crippen LogP) is 3.47. The highest BCUT2D eigenvalue weighted by atomic mass is 16.6. The van der Waals surface area contributed by atoms with Gasteiger partial charge in [-0.15, -0.1) is 0 Å². The van der Waals surface area contributed by atoms with Crippen LogP contribution in [0.1, 0.15) is 24.1 Å². The molecular weight excluding hydrogens is 242 g/mol. The normalized spacial score (nSPS) is 11.9. The van der Waals surface area contributed by atoms with E-state index in [0.717, 1.165) is 5.56 Å². The van der Waals surface area contributed by atoms with Gasteiger partial charge in [-0.2, -0.15) is 0 Å². The maximum absolute atomic E-state index is 11.1. The van der Waals surface area contributed by atoms with Gasteiger partial charge in [0.25, 0.3) is 5.69 Å². The van der Waals surface area contributed by atoms with Crippen LogP contribution in [0.4, 0.5) is 11.4 Å². The van der Waals surface area contributed by atoms with Crippen molar-refractivity contribution in [2.45, 2.75) is 19.9 Å². The molecule has 19 heavy (non-hydrogen) atoms. The number of nitro groups is 1. The first-order valence-electron chi connectivity index (χ1n) is 6.00. The Hall–Kier alpha value is -2.43. The van der Waals surface area contributed by atoms with Gasteiger partial charge in [0.2, 0.25) is 0 Å². The SMILES string of the molecule is Cc1cccc(NC(C)c2ccncc2)c1[N+](=O)[O-]. The van der Waals surface area contributed by atoms with E-state index in [2.05, 4.69) is 10.3 Å². The number of hydrogen-bond acceptors (Lipinski definition) is 4. The second-order valence-corrected chi connectivity index (χ2v) is 4.37. The van der Waals surface area contributed by atoms with Crippen molar-refractivity contribution < 1.29 is 4.92 Å². The first kappa shape index (κ1) is 13.0. The van der Waals surface area contributed by atoms with Gasteiger partial charge in [0.1, 0.15) is 5.69 Å². The number of aromatic nitrogens is 1. The summed E-state index contributed by atoms with van der Waals surface area (Å²) in [6.07, 6.45) is 3.41. The topological polar surface area (TPSA) is 68.1 Å². The van der Waals surface area contributed by atoms with Crippen molar-refractivity contribution in [3.05, 3.63) is 64.0 Å². The number of aryl methyl sites for hydroxylation is 1. The Morgan fingerprint density at radius 2 is 1.95 bits per heavy atom. The monoisotopic (exact) mass is 257 g/mol. The highest BCUT2D eigenvalue weighted by Crippen LogP contribution is 2.30. The van der Waals surface area contributed by atoms with Gasteiger partial charge in [0.15, 0.2) is 0 Å². The zero-order chi connectivity index (χ0) is 13.8. The Balaban J connectivity index is 2.29. The van der Waals surface area contributed by atoms with Gasteiger partial charge in [-0.05, 0) is 37.6 Å². The van der Waals surface area contributed by atoms with Crippen molar-refractivity contribution in [1.29, 1.82) is 0 Å². The lowest BCUT2D eigenvalue weighted by atomic mass is 10.1. The highest BCUT2D eigenvalue weighted by Gasteiger charge is 2.18. The molecule has 1 aromatic heterocycles. The molecule has 0 aliphatic heterocycles. The summed E-state index contributed by atoms with van der Waals surface area (Å²) in [6.45, 7) is 3.70. The fourth-order valence-corrected chi connectivity index (χ4v) is 1.99. The Labute approximate surface area is 111 Å². The lowest BCUT2D eigenvalue weighted by Gasteiger charge is -2.16. The fraction of sp³-hybridized carbons (Fsp3) is 0.214. The fourth-order valence-electron chi connectivity index (χ4n) is 1.99. The van der Waals surface area contributed by atoms with Crippen LogP contribution in [0.25, 0.3) is 0 Å². The number of pyridine rings is 1. The molecule has 1 unspecified atom stereocenters. The minimum absolute atomic E-state index is 0.0245. The average molecular weight is 257 g/mol. The number of nitrogens with zero attached hydrogens (tertiary/aromatic N) is 2. The number of nitro benzene ring substituents is 1. The van der Waals surface area contributed by atoms with Crippen LogP contribution in [-0.4, -0.2) is 9.91 Å². The van der Waals surface area contributed by atoms with Crippen molar-refractivity contribution in [2.75, 3.05) is 5.32 Å². The zero-order valence-corrected chi connectivity index (χ0v) is 10.8. The van der Waals surface area contributed by atoms with Crippen molar-refractivity contribution in [1.82, 2.24) is 4.98 Å². The van der Waals surface area contributed by atoms with Gasteiger partial charge in [-0.1, -0.05) is 12.1 Å². The molecule has 0 saturated carbocycles. The molecule has 0 spiro atoms. The third kappa shape index (κ3) is 2.88. The molecule has 1 aromatic carbocycles. The molecule has 1 atom stereocenters. The van der Waals surface area contributed by atoms with Crippen molar-refractivity contribution in [3.8, 4) is 0 Å². The summed E-state index contributed by atoms with van der Waals surface area (Å²) in [5.74, 6) is 0. The Morgan fingerprint density at radius 3 is 2.58 bits per heavy atom. The number of benzene rings is 1. The quantitative estimate of drug-likeness (QED) is 0.672. The summed E-state index contributed by atoms with van der Waals surface area (Å²) in [5.41, 5.74) is 2.35. The maximum Gasteiger partial charge on any atom is 0.295 e. The van der Waals surface area contributed by atoms with Crippen molar-refractivity contribution in [3.63, 3.8) is 0 Å². The largest absolute Gasteiger partial charge is 0.373 e. The Morgan fingerprint density at radius 1 is 1.26 bits per heavy atom. The second kappa shape index (κ2) is 5.48. The second-order valence-electron chi connectivity index (χ2n) is 4.37. The third-order valence-corrected chi connectivity index (χ3v) is 3.00. The highest BCUT2D eigenvalue weighted by molar-refractivity contribution is 5.65. The van der Waals surface area contributed by atoms with Crippen LogP contribution in [0.2, 0.25) is 0 Å². The smallest absolute Gasteiger partial charge is 0.295 e. The summed E-state index contributed by atoms with van der Waals surface area (Å²) in [6, 6.07) is 9.02. The minimum Gasteiger partial charge on any atom is -0.373 e. The van der Waals surface area contributed by atoms with E-state index in [1.165, 1.54) is 0 Å². The molecule has 0 radical (unpaired) electrons. The zero-order valence-electron chi connectivity index (χ0n) is 10.8. The van der Waals surface area contributed by atoms with E-state index in [1.807, 2.05) is 25.1 Å². The van der Waals surface area contributed by atoms with Gasteiger partial charge in [-0.3, -0.25) is 15.1 Å². The van der Waals surface area contributed by atoms with Crippen LogP contribution in [0.15, 0.2) is 42.7 Å². The summed E-state index contributed by atoms with van der Waals surface area (Å²) in [4.78, 5) is 14.7. The summed E-state index contributed by atoms with van der Waals surface area (Å²) in [7, 11) is 0. The number of anilines is 1. The molecule has 2 aromatic rings. The summed E-state index contributed by atoms with van der Waals surface area (Å²) < 4.78 is 0. The lowest BCUT2D eigenvalue weighted by molar-refractivity contribution is -0.384. The standard InChI is InChI=1S/C14H15N3O2/c1-10-4-3-5-13(14(10)17(18)19)16-11(2)12-6-8-15-9-7-12/h3-9,11,16H,1-2H3. The molecule has 1 heterocycles. The molecule has 0 fully saturated rings. The van der Waals surface area contributed by atoms with Gasteiger partial charge < -0.3 is 5.32 Å². The van der Waals surface area contributed by atoms with Gasteiger partial charge in [0, 0.05) is 24.0 Å². The van der Waals surface area contributed by atoms with E-state index in [1.54, 1.807) is 31.5 Å². The Kier molecular flexibility index (Phi) is 3.75. The predicted molar refractivity (Wildman–Crippen MR) is 74.1 cm³/mol. The van der Waals surface area contributed by atoms with Crippen LogP contribution in [-0.2, 0) is 0 Å². The number of hydrogen-bond donors (Lipinski definition) is 1. The molecule has 2 rings (SSSR count). The van der Waals surface area contributed by atoms with Crippen LogP contribution < -0.4 is 5.32 Å². The minimum atomic E-state index is -0.350. The lowest BCUT2D eigenvalue weighted by Crippen LogP contribution is -2.09. The van der Waals surface area contributed by atoms with Crippen molar-refractivity contribution in [2.24, 2.45) is 0 Å². The van der Waals surface area contributed by atoms with E-state index in [-0.39, 0.29) is 16.7 Å². The van der Waals surface area contributed by atoms with E-state index in [0.29, 0.717) is 11.3 Å². The number of nitrogens with one attached hydrogen (secondary N) is 1. The molecule has 0 aliphatic rings. The Bertz CT molecular complexity index is 584. The first-order valence-corrected chi connectivity index (χ1v) is 6.00. The molecule has 0 bridgehead atoms. The van der Waals surface area contributed by atoms with Crippen molar-refractivity contribution >= 4 is 11.4 Å². The molecular formula is C14H15N3O2. The molecule has 0 aliphatic carbocycles. The van der Waals surface area contributed by atoms with Crippen LogP contribution in [0, 0.1) is 17.0 Å². The third-order valence-electron chi connectivity index (χ3n) is 3.00. The van der Waals surface area contributed by atoms with E-state index in [4.69, 9.17) is 0 Å². The summed E-state index contributed by atoms with van der Waals surface area (Å²) >= 11 is 0. The molecule has 0 amide bonds.